The van der Waals surface area contributed by atoms with Crippen molar-refractivity contribution in [3.8, 4) is 0 Å². The zero-order valence-corrected chi connectivity index (χ0v) is 11.8. The predicted molar refractivity (Wildman–Crippen MR) is 76.8 cm³/mol. The van der Waals surface area contributed by atoms with Crippen LogP contribution in [0.2, 0.25) is 0 Å². The van der Waals surface area contributed by atoms with Crippen LogP contribution in [0.5, 0.6) is 0 Å². The van der Waals surface area contributed by atoms with Gasteiger partial charge >= 0.3 is 0 Å². The average Bonchev–Trinajstić information content (AvgIpc) is 2.47. The first-order valence-corrected chi connectivity index (χ1v) is 7.37. The van der Waals surface area contributed by atoms with Gasteiger partial charge in [-0.15, -0.1) is 0 Å². The summed E-state index contributed by atoms with van der Waals surface area (Å²) in [6.45, 7) is 2.26. The minimum absolute atomic E-state index is 0.198. The monoisotopic (exact) mass is 246 g/mol. The van der Waals surface area contributed by atoms with Crippen LogP contribution in [0.25, 0.3) is 0 Å². The van der Waals surface area contributed by atoms with Gasteiger partial charge < -0.3 is 4.74 Å². The zero-order chi connectivity index (χ0) is 12.8. The quantitative estimate of drug-likeness (QED) is 0.737. The fraction of sp³-hybridized carbons (Fsp3) is 0.647. The SMILES string of the molecule is CCC1(OC)CCC(CCc2ccccc2)CC1. The van der Waals surface area contributed by atoms with E-state index < -0.39 is 0 Å². The van der Waals surface area contributed by atoms with Crippen LogP contribution in [0.15, 0.2) is 30.3 Å². The van der Waals surface area contributed by atoms with Gasteiger partial charge in [0.15, 0.2) is 0 Å². The summed E-state index contributed by atoms with van der Waals surface area (Å²) in [5.41, 5.74) is 1.68. The predicted octanol–water partition coefficient (Wildman–Crippen LogP) is 4.60. The van der Waals surface area contributed by atoms with Gasteiger partial charge in [0.2, 0.25) is 0 Å². The lowest BCUT2D eigenvalue weighted by Crippen LogP contribution is -2.35. The highest BCUT2D eigenvalue weighted by Gasteiger charge is 2.33. The summed E-state index contributed by atoms with van der Waals surface area (Å²) in [5, 5.41) is 0. The van der Waals surface area contributed by atoms with E-state index in [1.807, 2.05) is 7.11 Å². The van der Waals surface area contributed by atoms with Gasteiger partial charge in [-0.2, -0.15) is 0 Å². The van der Waals surface area contributed by atoms with Crippen molar-refractivity contribution in [2.24, 2.45) is 5.92 Å². The summed E-state index contributed by atoms with van der Waals surface area (Å²) < 4.78 is 5.74. The summed E-state index contributed by atoms with van der Waals surface area (Å²) in [6.07, 6.45) is 8.92. The summed E-state index contributed by atoms with van der Waals surface area (Å²) in [5.74, 6) is 0.903. The van der Waals surface area contributed by atoms with Crippen molar-refractivity contribution in [3.05, 3.63) is 35.9 Å². The van der Waals surface area contributed by atoms with Gasteiger partial charge in [-0.3, -0.25) is 0 Å². The second kappa shape index (κ2) is 6.38. The average molecular weight is 246 g/mol. The minimum Gasteiger partial charge on any atom is -0.378 e. The van der Waals surface area contributed by atoms with Crippen LogP contribution >= 0.6 is 0 Å². The van der Waals surface area contributed by atoms with E-state index in [-0.39, 0.29) is 5.60 Å². The molecule has 1 aliphatic rings. The van der Waals surface area contributed by atoms with E-state index in [4.69, 9.17) is 4.74 Å². The van der Waals surface area contributed by atoms with E-state index in [2.05, 4.69) is 37.3 Å². The molecule has 0 atom stereocenters. The molecule has 1 heteroatoms. The number of methoxy groups -OCH3 is 1. The number of hydrogen-bond acceptors (Lipinski definition) is 1. The van der Waals surface area contributed by atoms with Crippen molar-refractivity contribution in [2.75, 3.05) is 7.11 Å². The summed E-state index contributed by atoms with van der Waals surface area (Å²) in [7, 11) is 1.88. The molecule has 0 aromatic heterocycles. The molecule has 1 aliphatic carbocycles. The van der Waals surface area contributed by atoms with Crippen molar-refractivity contribution >= 4 is 0 Å². The van der Waals surface area contributed by atoms with Gasteiger partial charge in [0.25, 0.3) is 0 Å². The molecule has 0 spiro atoms. The van der Waals surface area contributed by atoms with Crippen LogP contribution in [0.4, 0.5) is 0 Å². The Morgan fingerprint density at radius 1 is 1.17 bits per heavy atom. The molecule has 1 aromatic rings. The highest BCUT2D eigenvalue weighted by molar-refractivity contribution is 5.14. The molecule has 0 aliphatic heterocycles. The van der Waals surface area contributed by atoms with Crippen molar-refractivity contribution in [3.63, 3.8) is 0 Å². The molecule has 0 unspecified atom stereocenters. The van der Waals surface area contributed by atoms with Crippen LogP contribution in [-0.2, 0) is 11.2 Å². The van der Waals surface area contributed by atoms with Crippen molar-refractivity contribution in [2.45, 2.75) is 57.5 Å². The number of ether oxygens (including phenoxy) is 1. The lowest BCUT2D eigenvalue weighted by molar-refractivity contribution is -0.0522. The molecule has 0 amide bonds. The third kappa shape index (κ3) is 3.35. The van der Waals surface area contributed by atoms with Crippen molar-refractivity contribution in [1.82, 2.24) is 0 Å². The second-order valence-corrected chi connectivity index (χ2v) is 5.71. The molecule has 18 heavy (non-hydrogen) atoms. The van der Waals surface area contributed by atoms with Crippen molar-refractivity contribution in [1.29, 1.82) is 0 Å². The van der Waals surface area contributed by atoms with E-state index in [1.165, 1.54) is 44.1 Å². The molecule has 100 valence electrons. The molecule has 1 saturated carbocycles. The molecule has 1 aromatic carbocycles. The molecule has 1 nitrogen and oxygen atoms in total. The Balaban J connectivity index is 1.77. The van der Waals surface area contributed by atoms with Crippen LogP contribution in [-0.4, -0.2) is 12.7 Å². The van der Waals surface area contributed by atoms with Gasteiger partial charge in [0, 0.05) is 7.11 Å². The molecule has 2 rings (SSSR count). The maximum Gasteiger partial charge on any atom is 0.0676 e. The lowest BCUT2D eigenvalue weighted by Gasteiger charge is -2.38. The summed E-state index contributed by atoms with van der Waals surface area (Å²) >= 11 is 0. The van der Waals surface area contributed by atoms with Crippen LogP contribution in [0, 0.1) is 5.92 Å². The molecule has 0 radical (unpaired) electrons. The number of aryl methyl sites for hydroxylation is 1. The Hall–Kier alpha value is -0.820. The van der Waals surface area contributed by atoms with Gasteiger partial charge in [0.05, 0.1) is 5.60 Å². The maximum atomic E-state index is 5.74. The number of hydrogen-bond donors (Lipinski definition) is 0. The zero-order valence-electron chi connectivity index (χ0n) is 11.8. The maximum absolute atomic E-state index is 5.74. The van der Waals surface area contributed by atoms with Gasteiger partial charge in [-0.1, -0.05) is 37.3 Å². The van der Waals surface area contributed by atoms with Crippen LogP contribution < -0.4 is 0 Å². The Bertz CT molecular complexity index is 330. The van der Waals surface area contributed by atoms with Crippen molar-refractivity contribution < 1.29 is 4.74 Å². The standard InChI is InChI=1S/C17H26O/c1-3-17(18-2)13-11-16(12-14-17)10-9-15-7-5-4-6-8-15/h4-8,16H,3,9-14H2,1-2H3. The molecule has 0 N–H and O–H groups in total. The van der Waals surface area contributed by atoms with Gasteiger partial charge in [-0.25, -0.2) is 0 Å². The minimum atomic E-state index is 0.198. The third-order valence-electron chi connectivity index (χ3n) is 4.78. The molecular formula is C17H26O. The summed E-state index contributed by atoms with van der Waals surface area (Å²) in [6, 6.07) is 10.9. The smallest absolute Gasteiger partial charge is 0.0676 e. The molecule has 0 saturated heterocycles. The highest BCUT2D eigenvalue weighted by Crippen LogP contribution is 2.38. The molecule has 0 bridgehead atoms. The largest absolute Gasteiger partial charge is 0.378 e. The van der Waals surface area contributed by atoms with E-state index >= 15 is 0 Å². The van der Waals surface area contributed by atoms with Crippen LogP contribution in [0.1, 0.15) is 51.0 Å². The Kier molecular flexibility index (Phi) is 4.82. The number of benzene rings is 1. The number of rotatable bonds is 5. The Morgan fingerprint density at radius 2 is 1.83 bits per heavy atom. The molecule has 0 heterocycles. The first-order chi connectivity index (χ1) is 8.78. The normalized spacial score (nSPS) is 28.2. The second-order valence-electron chi connectivity index (χ2n) is 5.71. The fourth-order valence-corrected chi connectivity index (χ4v) is 3.21. The molecule has 1 fully saturated rings. The first-order valence-electron chi connectivity index (χ1n) is 7.37. The van der Waals surface area contributed by atoms with Gasteiger partial charge in [0.1, 0.15) is 0 Å². The van der Waals surface area contributed by atoms with E-state index in [0.717, 1.165) is 12.3 Å². The third-order valence-corrected chi connectivity index (χ3v) is 4.78. The summed E-state index contributed by atoms with van der Waals surface area (Å²) in [4.78, 5) is 0. The highest BCUT2D eigenvalue weighted by atomic mass is 16.5. The Labute approximate surface area is 112 Å². The van der Waals surface area contributed by atoms with Crippen LogP contribution in [0.3, 0.4) is 0 Å². The van der Waals surface area contributed by atoms with Gasteiger partial charge in [-0.05, 0) is 56.4 Å². The first kappa shape index (κ1) is 13.6. The lowest BCUT2D eigenvalue weighted by atomic mass is 9.75. The van der Waals surface area contributed by atoms with E-state index in [0.29, 0.717) is 0 Å². The molecular weight excluding hydrogens is 220 g/mol. The Morgan fingerprint density at radius 3 is 2.39 bits per heavy atom. The van der Waals surface area contributed by atoms with E-state index in [1.54, 1.807) is 0 Å². The van der Waals surface area contributed by atoms with E-state index in [9.17, 15) is 0 Å². The topological polar surface area (TPSA) is 9.23 Å². The fourth-order valence-electron chi connectivity index (χ4n) is 3.21.